The minimum Gasteiger partial charge on any atom is -0.367 e. The lowest BCUT2D eigenvalue weighted by molar-refractivity contribution is -0.116. The summed E-state index contributed by atoms with van der Waals surface area (Å²) in [7, 11) is 0. The maximum absolute atomic E-state index is 11.2. The van der Waals surface area contributed by atoms with Crippen molar-refractivity contribution in [3.05, 3.63) is 30.0 Å². The SMILES string of the molecule is Nc1oncc1-c1ccc2c(c1)CCC(=O)N2. The van der Waals surface area contributed by atoms with Crippen molar-refractivity contribution in [3.63, 3.8) is 0 Å². The van der Waals surface area contributed by atoms with Crippen molar-refractivity contribution in [2.24, 2.45) is 0 Å². The predicted octanol–water partition coefficient (Wildman–Crippen LogP) is 1.81. The van der Waals surface area contributed by atoms with Crippen molar-refractivity contribution in [3.8, 4) is 11.1 Å². The fraction of sp³-hybridized carbons (Fsp3) is 0.167. The summed E-state index contributed by atoms with van der Waals surface area (Å²) in [6, 6.07) is 5.79. The fourth-order valence-electron chi connectivity index (χ4n) is 2.02. The van der Waals surface area contributed by atoms with E-state index in [4.69, 9.17) is 10.3 Å². The van der Waals surface area contributed by atoms with Crippen molar-refractivity contribution in [1.29, 1.82) is 0 Å². The molecule has 0 saturated carbocycles. The molecule has 0 unspecified atom stereocenters. The van der Waals surface area contributed by atoms with Gasteiger partial charge in [0.1, 0.15) is 0 Å². The maximum Gasteiger partial charge on any atom is 0.229 e. The molecule has 0 radical (unpaired) electrons. The van der Waals surface area contributed by atoms with Gasteiger partial charge in [0, 0.05) is 12.1 Å². The highest BCUT2D eigenvalue weighted by Crippen LogP contribution is 2.31. The van der Waals surface area contributed by atoms with Crippen molar-refractivity contribution in [1.82, 2.24) is 5.16 Å². The summed E-state index contributed by atoms with van der Waals surface area (Å²) in [5.74, 6) is 0.375. The number of rotatable bonds is 1. The largest absolute Gasteiger partial charge is 0.367 e. The number of nitrogens with two attached hydrogens (primary N) is 1. The van der Waals surface area contributed by atoms with Crippen LogP contribution < -0.4 is 11.1 Å². The van der Waals surface area contributed by atoms with Crippen LogP contribution in [0.1, 0.15) is 12.0 Å². The molecule has 5 heteroatoms. The second-order valence-corrected chi connectivity index (χ2v) is 4.02. The van der Waals surface area contributed by atoms with Crippen LogP contribution in [-0.4, -0.2) is 11.1 Å². The van der Waals surface area contributed by atoms with E-state index >= 15 is 0 Å². The molecule has 1 aliphatic heterocycles. The van der Waals surface area contributed by atoms with Gasteiger partial charge in [-0.3, -0.25) is 4.79 Å². The molecule has 0 saturated heterocycles. The van der Waals surface area contributed by atoms with Crippen molar-refractivity contribution in [2.75, 3.05) is 11.1 Å². The molecule has 3 rings (SSSR count). The molecule has 2 aromatic rings. The number of aryl methyl sites for hydroxylation is 1. The van der Waals surface area contributed by atoms with Gasteiger partial charge in [-0.2, -0.15) is 0 Å². The number of carbonyl (C=O) groups excluding carboxylic acids is 1. The minimum atomic E-state index is 0.0646. The highest BCUT2D eigenvalue weighted by atomic mass is 16.5. The molecule has 0 aliphatic carbocycles. The summed E-state index contributed by atoms with van der Waals surface area (Å²) in [6.07, 6.45) is 2.87. The third-order valence-corrected chi connectivity index (χ3v) is 2.91. The monoisotopic (exact) mass is 229 g/mol. The van der Waals surface area contributed by atoms with Gasteiger partial charge in [-0.25, -0.2) is 0 Å². The number of fused-ring (bicyclic) bond motifs is 1. The summed E-state index contributed by atoms with van der Waals surface area (Å²) in [5.41, 5.74) is 9.40. The van der Waals surface area contributed by atoms with Crippen LogP contribution in [0, 0.1) is 0 Å². The Hall–Kier alpha value is -2.30. The van der Waals surface area contributed by atoms with Crippen molar-refractivity contribution < 1.29 is 9.32 Å². The van der Waals surface area contributed by atoms with Crippen LogP contribution in [0.3, 0.4) is 0 Å². The molecule has 1 aliphatic rings. The van der Waals surface area contributed by atoms with E-state index in [1.165, 1.54) is 0 Å². The number of nitrogen functional groups attached to an aromatic ring is 1. The zero-order chi connectivity index (χ0) is 11.8. The van der Waals surface area contributed by atoms with Crippen LogP contribution in [-0.2, 0) is 11.2 Å². The molecule has 1 aromatic heterocycles. The Labute approximate surface area is 97.6 Å². The van der Waals surface area contributed by atoms with E-state index in [0.717, 1.165) is 28.8 Å². The second-order valence-electron chi connectivity index (χ2n) is 4.02. The Morgan fingerprint density at radius 3 is 3.00 bits per heavy atom. The first-order valence-corrected chi connectivity index (χ1v) is 5.37. The molecule has 17 heavy (non-hydrogen) atoms. The summed E-state index contributed by atoms with van der Waals surface area (Å²) in [6.45, 7) is 0. The van der Waals surface area contributed by atoms with Gasteiger partial charge >= 0.3 is 0 Å². The molecule has 5 nitrogen and oxygen atoms in total. The van der Waals surface area contributed by atoms with Crippen LogP contribution >= 0.6 is 0 Å². The van der Waals surface area contributed by atoms with Crippen LogP contribution in [0.5, 0.6) is 0 Å². The number of hydrogen-bond acceptors (Lipinski definition) is 4. The van der Waals surface area contributed by atoms with Crippen LogP contribution in [0.4, 0.5) is 11.6 Å². The Bertz CT molecular complexity index is 589. The maximum atomic E-state index is 11.2. The third kappa shape index (κ3) is 1.65. The summed E-state index contributed by atoms with van der Waals surface area (Å²) in [4.78, 5) is 11.2. The first kappa shape index (κ1) is 9.89. The average molecular weight is 229 g/mol. The number of carbonyl (C=O) groups is 1. The number of aromatic nitrogens is 1. The Kier molecular flexibility index (Phi) is 2.11. The topological polar surface area (TPSA) is 81.2 Å². The Morgan fingerprint density at radius 2 is 2.24 bits per heavy atom. The van der Waals surface area contributed by atoms with E-state index in [0.29, 0.717) is 12.3 Å². The number of amides is 1. The molecule has 0 spiro atoms. The highest BCUT2D eigenvalue weighted by molar-refractivity contribution is 5.94. The third-order valence-electron chi connectivity index (χ3n) is 2.91. The lowest BCUT2D eigenvalue weighted by Gasteiger charge is -2.17. The first-order chi connectivity index (χ1) is 8.24. The molecule has 0 atom stereocenters. The van der Waals surface area contributed by atoms with Gasteiger partial charge < -0.3 is 15.6 Å². The van der Waals surface area contributed by atoms with Crippen molar-refractivity contribution in [2.45, 2.75) is 12.8 Å². The standard InChI is InChI=1S/C12H11N3O2/c13-12-9(6-14-17-12)7-1-3-10-8(5-7)2-4-11(16)15-10/h1,3,5-6H,2,4,13H2,(H,15,16). The van der Waals surface area contributed by atoms with E-state index in [-0.39, 0.29) is 5.91 Å². The molecule has 1 amide bonds. The fourth-order valence-corrected chi connectivity index (χ4v) is 2.02. The van der Waals surface area contributed by atoms with Gasteiger partial charge in [0.15, 0.2) is 0 Å². The van der Waals surface area contributed by atoms with E-state index in [1.807, 2.05) is 18.2 Å². The van der Waals surface area contributed by atoms with E-state index in [2.05, 4.69) is 10.5 Å². The summed E-state index contributed by atoms with van der Waals surface area (Å²) < 4.78 is 4.84. The van der Waals surface area contributed by atoms with Gasteiger partial charge in [-0.15, -0.1) is 0 Å². The number of hydrogen-bond donors (Lipinski definition) is 2. The first-order valence-electron chi connectivity index (χ1n) is 5.37. The second kappa shape index (κ2) is 3.62. The zero-order valence-corrected chi connectivity index (χ0v) is 9.06. The minimum absolute atomic E-state index is 0.0646. The number of benzene rings is 1. The van der Waals surface area contributed by atoms with Crippen LogP contribution in [0.15, 0.2) is 28.9 Å². The Balaban J connectivity index is 2.05. The molecule has 0 bridgehead atoms. The number of anilines is 2. The smallest absolute Gasteiger partial charge is 0.229 e. The van der Waals surface area contributed by atoms with Crippen molar-refractivity contribution >= 4 is 17.5 Å². The molecule has 0 fully saturated rings. The van der Waals surface area contributed by atoms with Gasteiger partial charge in [0.25, 0.3) is 0 Å². The quantitative estimate of drug-likeness (QED) is 0.781. The van der Waals surface area contributed by atoms with Crippen LogP contribution in [0.2, 0.25) is 0 Å². The molecular formula is C12H11N3O2. The lowest BCUT2D eigenvalue weighted by atomic mass is 9.98. The van der Waals surface area contributed by atoms with Crippen LogP contribution in [0.25, 0.3) is 11.1 Å². The molecular weight excluding hydrogens is 218 g/mol. The lowest BCUT2D eigenvalue weighted by Crippen LogP contribution is -2.18. The zero-order valence-electron chi connectivity index (χ0n) is 9.06. The van der Waals surface area contributed by atoms with E-state index in [1.54, 1.807) is 6.20 Å². The van der Waals surface area contributed by atoms with Gasteiger partial charge in [-0.05, 0) is 29.7 Å². The van der Waals surface area contributed by atoms with E-state index in [9.17, 15) is 4.79 Å². The van der Waals surface area contributed by atoms with Gasteiger partial charge in [0.05, 0.1) is 11.8 Å². The molecule has 1 aromatic carbocycles. The van der Waals surface area contributed by atoms with Gasteiger partial charge in [0.2, 0.25) is 11.8 Å². The van der Waals surface area contributed by atoms with Gasteiger partial charge in [-0.1, -0.05) is 11.2 Å². The summed E-state index contributed by atoms with van der Waals surface area (Å²) >= 11 is 0. The average Bonchev–Trinajstić information content (AvgIpc) is 2.75. The number of nitrogens with zero attached hydrogens (tertiary/aromatic N) is 1. The highest BCUT2D eigenvalue weighted by Gasteiger charge is 2.16. The normalized spacial score (nSPS) is 14.2. The Morgan fingerprint density at radius 1 is 1.35 bits per heavy atom. The molecule has 2 heterocycles. The predicted molar refractivity (Wildman–Crippen MR) is 63.3 cm³/mol. The molecule has 86 valence electrons. The number of nitrogens with one attached hydrogen (secondary N) is 1. The van der Waals surface area contributed by atoms with E-state index < -0.39 is 0 Å². The molecule has 3 N–H and O–H groups in total. The summed E-state index contributed by atoms with van der Waals surface area (Å²) in [5, 5.41) is 6.49.